The average Bonchev–Trinajstić information content (AvgIpc) is 2.28. The Bertz CT molecular complexity index is 485. The first-order valence-electron chi connectivity index (χ1n) is 4.97. The van der Waals surface area contributed by atoms with Crippen LogP contribution in [0, 0.1) is 13.3 Å². The third kappa shape index (κ3) is 2.76. The molecule has 0 bridgehead atoms. The van der Waals surface area contributed by atoms with Gasteiger partial charge in [0, 0.05) is 18.8 Å². The lowest BCUT2D eigenvalue weighted by atomic mass is 10.1. The van der Waals surface area contributed by atoms with Gasteiger partial charge in [-0.3, -0.25) is 0 Å². The summed E-state index contributed by atoms with van der Waals surface area (Å²) in [7, 11) is 0. The molecule has 2 heterocycles. The Balaban J connectivity index is 2.05. The molecule has 0 aliphatic heterocycles. The van der Waals surface area contributed by atoms with Crippen molar-refractivity contribution in [3.05, 3.63) is 59.0 Å². The van der Waals surface area contributed by atoms with Gasteiger partial charge in [0.05, 0.1) is 5.69 Å². The fraction of sp³-hybridized carbons (Fsp3) is 0.167. The minimum absolute atomic E-state index is 0.516. The number of aryl methyl sites for hydroxylation is 1. The van der Waals surface area contributed by atoms with E-state index in [4.69, 9.17) is 11.6 Å². The molecule has 3 nitrogen and oxygen atoms in total. The molecule has 16 heavy (non-hydrogen) atoms. The fourth-order valence-corrected chi connectivity index (χ4v) is 1.59. The molecule has 2 aromatic heterocycles. The second-order valence-corrected chi connectivity index (χ2v) is 3.88. The quantitative estimate of drug-likeness (QED) is 0.764. The third-order valence-corrected chi connectivity index (χ3v) is 2.49. The maximum Gasteiger partial charge on any atom is 0.129 e. The minimum atomic E-state index is 0.516. The van der Waals surface area contributed by atoms with E-state index in [-0.39, 0.29) is 0 Å². The van der Waals surface area contributed by atoms with Crippen LogP contribution in [0.4, 0.5) is 0 Å². The van der Waals surface area contributed by atoms with Gasteiger partial charge in [-0.2, -0.15) is 10.2 Å². The predicted octanol–water partition coefficient (Wildman–Crippen LogP) is 2.63. The van der Waals surface area contributed by atoms with E-state index in [1.807, 2.05) is 31.5 Å². The van der Waals surface area contributed by atoms with Crippen molar-refractivity contribution in [2.24, 2.45) is 0 Å². The Kier molecular flexibility index (Phi) is 3.47. The number of nitrogens with zero attached hydrogens (tertiary/aromatic N) is 3. The van der Waals surface area contributed by atoms with Gasteiger partial charge in [0.15, 0.2) is 0 Å². The molecule has 2 rings (SSSR count). The van der Waals surface area contributed by atoms with Gasteiger partial charge in [-0.05, 0) is 42.7 Å². The highest BCUT2D eigenvalue weighted by Gasteiger charge is 2.02. The summed E-state index contributed by atoms with van der Waals surface area (Å²) in [6.07, 6.45) is 6.21. The van der Waals surface area contributed by atoms with Crippen LogP contribution < -0.4 is 0 Å². The van der Waals surface area contributed by atoms with Crippen LogP contribution in [0.2, 0.25) is 5.15 Å². The second-order valence-electron chi connectivity index (χ2n) is 3.49. The Morgan fingerprint density at radius 2 is 2.19 bits per heavy atom. The Morgan fingerprint density at radius 1 is 1.31 bits per heavy atom. The van der Waals surface area contributed by atoms with Crippen LogP contribution >= 0.6 is 11.6 Å². The lowest BCUT2D eigenvalue weighted by Gasteiger charge is -2.03. The maximum absolute atomic E-state index is 5.80. The molecule has 0 N–H and O–H groups in total. The molecule has 4 heteroatoms. The van der Waals surface area contributed by atoms with E-state index in [9.17, 15) is 0 Å². The summed E-state index contributed by atoms with van der Waals surface area (Å²) in [5.41, 5.74) is 3.15. The summed E-state index contributed by atoms with van der Waals surface area (Å²) in [5.74, 6) is 0. The van der Waals surface area contributed by atoms with Gasteiger partial charge in [-0.25, -0.2) is 4.98 Å². The zero-order valence-corrected chi connectivity index (χ0v) is 9.65. The molecule has 0 aromatic carbocycles. The van der Waals surface area contributed by atoms with Crippen molar-refractivity contribution in [3.8, 4) is 0 Å². The SMILES string of the molecule is Cc1ccnnc1[CH]Cc1ccnc(Cl)c1. The molecule has 1 radical (unpaired) electrons. The molecule has 81 valence electrons. The van der Waals surface area contributed by atoms with E-state index >= 15 is 0 Å². The maximum atomic E-state index is 5.80. The number of hydrogen-bond acceptors (Lipinski definition) is 3. The molecule has 0 unspecified atom stereocenters. The van der Waals surface area contributed by atoms with Crippen LogP contribution in [0.1, 0.15) is 16.8 Å². The summed E-state index contributed by atoms with van der Waals surface area (Å²) in [4.78, 5) is 3.94. The molecule has 0 spiro atoms. The van der Waals surface area contributed by atoms with E-state index in [2.05, 4.69) is 15.2 Å². The van der Waals surface area contributed by atoms with E-state index in [0.29, 0.717) is 5.15 Å². The van der Waals surface area contributed by atoms with Crippen LogP contribution in [-0.2, 0) is 6.42 Å². The summed E-state index contributed by atoms with van der Waals surface area (Å²) < 4.78 is 0. The van der Waals surface area contributed by atoms with Crippen LogP contribution in [-0.4, -0.2) is 15.2 Å². The number of aromatic nitrogens is 3. The molecule has 0 atom stereocenters. The highest BCUT2D eigenvalue weighted by molar-refractivity contribution is 6.29. The standard InChI is InChI=1S/C12H11ClN3/c1-9-4-7-15-16-11(9)3-2-10-5-6-14-12(13)8-10/h3-8H,2H2,1H3. The molecular weight excluding hydrogens is 222 g/mol. The van der Waals surface area contributed by atoms with Crippen LogP contribution in [0.15, 0.2) is 30.6 Å². The van der Waals surface area contributed by atoms with Gasteiger partial charge in [0.1, 0.15) is 5.15 Å². The first-order chi connectivity index (χ1) is 7.75. The normalized spacial score (nSPS) is 10.4. The molecule has 0 saturated heterocycles. The molecule has 2 aromatic rings. The lowest BCUT2D eigenvalue weighted by Crippen LogP contribution is -1.97. The van der Waals surface area contributed by atoms with Crippen molar-refractivity contribution in [2.45, 2.75) is 13.3 Å². The van der Waals surface area contributed by atoms with Crippen molar-refractivity contribution in [1.82, 2.24) is 15.2 Å². The Hall–Kier alpha value is -1.48. The van der Waals surface area contributed by atoms with Gasteiger partial charge in [0.25, 0.3) is 0 Å². The van der Waals surface area contributed by atoms with Crippen molar-refractivity contribution in [3.63, 3.8) is 0 Å². The molecule has 0 amide bonds. The number of halogens is 1. The Morgan fingerprint density at radius 3 is 2.94 bits per heavy atom. The third-order valence-electron chi connectivity index (χ3n) is 2.28. The molecule has 0 aliphatic carbocycles. The predicted molar refractivity (Wildman–Crippen MR) is 63.1 cm³/mol. The summed E-state index contributed by atoms with van der Waals surface area (Å²) in [5, 5.41) is 8.43. The van der Waals surface area contributed by atoms with Crippen LogP contribution in [0.25, 0.3) is 0 Å². The van der Waals surface area contributed by atoms with Crippen LogP contribution in [0.5, 0.6) is 0 Å². The van der Waals surface area contributed by atoms with Gasteiger partial charge in [-0.15, -0.1) is 0 Å². The fourth-order valence-electron chi connectivity index (χ4n) is 1.39. The molecular formula is C12H11ClN3. The average molecular weight is 233 g/mol. The highest BCUT2D eigenvalue weighted by atomic mass is 35.5. The highest BCUT2D eigenvalue weighted by Crippen LogP contribution is 2.12. The van der Waals surface area contributed by atoms with Gasteiger partial charge in [0.2, 0.25) is 0 Å². The van der Waals surface area contributed by atoms with Crippen molar-refractivity contribution in [2.75, 3.05) is 0 Å². The van der Waals surface area contributed by atoms with Gasteiger partial charge in [-0.1, -0.05) is 11.6 Å². The van der Waals surface area contributed by atoms with Gasteiger partial charge >= 0.3 is 0 Å². The smallest absolute Gasteiger partial charge is 0.129 e. The van der Waals surface area contributed by atoms with E-state index in [0.717, 1.165) is 23.2 Å². The summed E-state index contributed by atoms with van der Waals surface area (Å²) in [6, 6.07) is 5.73. The number of hydrogen-bond donors (Lipinski definition) is 0. The number of pyridine rings is 1. The largest absolute Gasteiger partial charge is 0.245 e. The van der Waals surface area contributed by atoms with Gasteiger partial charge < -0.3 is 0 Å². The Labute approximate surface area is 99.5 Å². The lowest BCUT2D eigenvalue weighted by molar-refractivity contribution is 0.947. The first-order valence-corrected chi connectivity index (χ1v) is 5.35. The van der Waals surface area contributed by atoms with E-state index in [1.54, 1.807) is 12.4 Å². The second kappa shape index (κ2) is 5.03. The monoisotopic (exact) mass is 232 g/mol. The topological polar surface area (TPSA) is 38.7 Å². The summed E-state index contributed by atoms with van der Waals surface area (Å²) in [6.45, 7) is 2.01. The minimum Gasteiger partial charge on any atom is -0.245 e. The summed E-state index contributed by atoms with van der Waals surface area (Å²) >= 11 is 5.80. The molecule has 0 saturated carbocycles. The zero-order chi connectivity index (χ0) is 11.4. The van der Waals surface area contributed by atoms with Crippen LogP contribution in [0.3, 0.4) is 0 Å². The van der Waals surface area contributed by atoms with E-state index in [1.165, 1.54) is 0 Å². The van der Waals surface area contributed by atoms with E-state index < -0.39 is 0 Å². The van der Waals surface area contributed by atoms with Crippen molar-refractivity contribution in [1.29, 1.82) is 0 Å². The zero-order valence-electron chi connectivity index (χ0n) is 8.89. The molecule has 0 fully saturated rings. The molecule has 0 aliphatic rings. The first kappa shape index (κ1) is 11.0. The van der Waals surface area contributed by atoms with Crippen molar-refractivity contribution >= 4 is 11.6 Å². The van der Waals surface area contributed by atoms with Crippen molar-refractivity contribution < 1.29 is 0 Å². The number of rotatable bonds is 3.